The number of halogens is 1. The van der Waals surface area contributed by atoms with E-state index < -0.39 is 0 Å². The summed E-state index contributed by atoms with van der Waals surface area (Å²) >= 11 is 3.29. The largest absolute Gasteiger partial charge is 0.506 e. The summed E-state index contributed by atoms with van der Waals surface area (Å²) in [5.41, 5.74) is 6.70. The second-order valence-corrected chi connectivity index (χ2v) is 5.75. The molecule has 1 aromatic carbocycles. The molecular weight excluding hydrogens is 270 g/mol. The van der Waals surface area contributed by atoms with E-state index in [4.69, 9.17) is 10.5 Å². The van der Waals surface area contributed by atoms with Crippen LogP contribution >= 0.6 is 15.9 Å². The monoisotopic (exact) mass is 287 g/mol. The molecule has 0 spiro atoms. The van der Waals surface area contributed by atoms with E-state index in [2.05, 4.69) is 15.9 Å². The first-order chi connectivity index (χ1) is 7.27. The highest BCUT2D eigenvalue weighted by molar-refractivity contribution is 9.10. The predicted molar refractivity (Wildman–Crippen MR) is 68.7 cm³/mol. The van der Waals surface area contributed by atoms with E-state index in [1.807, 2.05) is 20.8 Å². The van der Waals surface area contributed by atoms with Crippen molar-refractivity contribution in [1.82, 2.24) is 0 Å². The first-order valence-corrected chi connectivity index (χ1v) is 5.88. The molecule has 1 aromatic rings. The van der Waals surface area contributed by atoms with Crippen LogP contribution in [0.5, 0.6) is 11.5 Å². The minimum Gasteiger partial charge on any atom is -0.506 e. The lowest BCUT2D eigenvalue weighted by Crippen LogP contribution is -2.26. The lowest BCUT2D eigenvalue weighted by Gasteiger charge is -2.28. The number of hydrogen-bond acceptors (Lipinski definition) is 3. The van der Waals surface area contributed by atoms with Gasteiger partial charge in [0.2, 0.25) is 0 Å². The number of methoxy groups -OCH3 is 1. The fraction of sp³-hybridized carbons (Fsp3) is 0.500. The summed E-state index contributed by atoms with van der Waals surface area (Å²) in [5, 5.41) is 9.97. The van der Waals surface area contributed by atoms with Gasteiger partial charge in [0.1, 0.15) is 11.5 Å². The Kier molecular flexibility index (Phi) is 3.86. The number of phenols is 1. The van der Waals surface area contributed by atoms with Crippen molar-refractivity contribution in [3.63, 3.8) is 0 Å². The molecule has 1 atom stereocenters. The topological polar surface area (TPSA) is 55.5 Å². The maximum Gasteiger partial charge on any atom is 0.134 e. The Balaban J connectivity index is 3.27. The van der Waals surface area contributed by atoms with Crippen molar-refractivity contribution in [2.24, 2.45) is 11.1 Å². The lowest BCUT2D eigenvalue weighted by atomic mass is 9.82. The third-order valence-electron chi connectivity index (χ3n) is 2.57. The van der Waals surface area contributed by atoms with Gasteiger partial charge >= 0.3 is 0 Å². The molecule has 4 heteroatoms. The predicted octanol–water partition coefficient (Wildman–Crippen LogP) is 3.21. The normalized spacial score (nSPS) is 13.6. The highest BCUT2D eigenvalue weighted by atomic mass is 79.9. The molecule has 0 aliphatic carbocycles. The molecule has 0 unspecified atom stereocenters. The van der Waals surface area contributed by atoms with Crippen molar-refractivity contribution in [1.29, 1.82) is 0 Å². The van der Waals surface area contributed by atoms with E-state index in [0.717, 1.165) is 0 Å². The van der Waals surface area contributed by atoms with Gasteiger partial charge in [0.15, 0.2) is 0 Å². The molecule has 0 aromatic heterocycles. The van der Waals surface area contributed by atoms with Crippen LogP contribution in [0.1, 0.15) is 32.4 Å². The van der Waals surface area contributed by atoms with E-state index >= 15 is 0 Å². The van der Waals surface area contributed by atoms with Gasteiger partial charge in [0.05, 0.1) is 11.6 Å². The molecule has 1 rings (SSSR count). The molecule has 0 fully saturated rings. The Morgan fingerprint density at radius 2 is 1.94 bits per heavy atom. The summed E-state index contributed by atoms with van der Waals surface area (Å²) in [5.74, 6) is 0.864. The van der Waals surface area contributed by atoms with Crippen LogP contribution in [0.15, 0.2) is 16.6 Å². The SMILES string of the molecule is COc1cc(Br)c(O)c([C@@H](N)C(C)(C)C)c1. The number of nitrogens with two attached hydrogens (primary N) is 1. The van der Waals surface area contributed by atoms with Crippen LogP contribution in [-0.2, 0) is 0 Å². The maximum atomic E-state index is 9.97. The van der Waals surface area contributed by atoms with Crippen LogP contribution in [0.2, 0.25) is 0 Å². The van der Waals surface area contributed by atoms with Crippen molar-refractivity contribution < 1.29 is 9.84 Å². The van der Waals surface area contributed by atoms with Gasteiger partial charge < -0.3 is 15.6 Å². The van der Waals surface area contributed by atoms with Crippen LogP contribution in [0.25, 0.3) is 0 Å². The van der Waals surface area contributed by atoms with Crippen molar-refractivity contribution in [3.05, 3.63) is 22.2 Å². The fourth-order valence-electron chi connectivity index (χ4n) is 1.42. The average Bonchev–Trinajstić information content (AvgIpc) is 2.19. The fourth-order valence-corrected chi connectivity index (χ4v) is 1.87. The van der Waals surface area contributed by atoms with E-state index in [9.17, 15) is 5.11 Å². The molecule has 0 saturated heterocycles. The zero-order valence-electron chi connectivity index (χ0n) is 10.0. The quantitative estimate of drug-likeness (QED) is 0.878. The van der Waals surface area contributed by atoms with E-state index in [0.29, 0.717) is 15.8 Å². The van der Waals surface area contributed by atoms with Crippen LogP contribution in [0, 0.1) is 5.41 Å². The summed E-state index contributed by atoms with van der Waals surface area (Å²) < 4.78 is 5.76. The van der Waals surface area contributed by atoms with Crippen LogP contribution in [0.3, 0.4) is 0 Å². The maximum absolute atomic E-state index is 9.97. The third-order valence-corrected chi connectivity index (χ3v) is 3.17. The smallest absolute Gasteiger partial charge is 0.134 e. The molecule has 0 amide bonds. The summed E-state index contributed by atoms with van der Waals surface area (Å²) in [6.07, 6.45) is 0. The van der Waals surface area contributed by atoms with E-state index in [-0.39, 0.29) is 17.2 Å². The van der Waals surface area contributed by atoms with E-state index in [1.54, 1.807) is 19.2 Å². The van der Waals surface area contributed by atoms with Gasteiger partial charge in [-0.2, -0.15) is 0 Å². The molecule has 0 saturated carbocycles. The molecule has 0 aliphatic heterocycles. The van der Waals surface area contributed by atoms with Gasteiger partial charge in [0.25, 0.3) is 0 Å². The van der Waals surface area contributed by atoms with Crippen molar-refractivity contribution in [2.75, 3.05) is 7.11 Å². The molecule has 90 valence electrons. The Morgan fingerprint density at radius 1 is 1.38 bits per heavy atom. The molecular formula is C12H18BrNO2. The Morgan fingerprint density at radius 3 is 2.38 bits per heavy atom. The molecule has 3 N–H and O–H groups in total. The molecule has 3 nitrogen and oxygen atoms in total. The number of aromatic hydroxyl groups is 1. The Hall–Kier alpha value is -0.740. The van der Waals surface area contributed by atoms with Gasteiger partial charge in [-0.15, -0.1) is 0 Å². The Labute approximate surface area is 105 Å². The molecule has 0 radical (unpaired) electrons. The minimum atomic E-state index is -0.251. The second-order valence-electron chi connectivity index (χ2n) is 4.89. The van der Waals surface area contributed by atoms with Gasteiger partial charge in [-0.25, -0.2) is 0 Å². The van der Waals surface area contributed by atoms with E-state index in [1.165, 1.54) is 0 Å². The molecule has 0 aliphatic rings. The molecule has 0 heterocycles. The zero-order chi connectivity index (χ0) is 12.5. The highest BCUT2D eigenvalue weighted by Crippen LogP contribution is 2.40. The van der Waals surface area contributed by atoms with Crippen molar-refractivity contribution in [3.8, 4) is 11.5 Å². The Bertz CT molecular complexity index is 385. The van der Waals surface area contributed by atoms with Crippen molar-refractivity contribution >= 4 is 15.9 Å². The second kappa shape index (κ2) is 4.63. The number of benzene rings is 1. The third kappa shape index (κ3) is 2.68. The molecule has 16 heavy (non-hydrogen) atoms. The highest BCUT2D eigenvalue weighted by Gasteiger charge is 2.26. The lowest BCUT2D eigenvalue weighted by molar-refractivity contribution is 0.315. The summed E-state index contributed by atoms with van der Waals surface area (Å²) in [6.45, 7) is 6.10. The van der Waals surface area contributed by atoms with Gasteiger partial charge in [-0.3, -0.25) is 0 Å². The van der Waals surface area contributed by atoms with Gasteiger partial charge in [0, 0.05) is 11.6 Å². The van der Waals surface area contributed by atoms with Gasteiger partial charge in [-0.05, 0) is 33.5 Å². The minimum absolute atomic E-state index is 0.122. The summed E-state index contributed by atoms with van der Waals surface area (Å²) in [4.78, 5) is 0. The van der Waals surface area contributed by atoms with Crippen LogP contribution in [-0.4, -0.2) is 12.2 Å². The summed E-state index contributed by atoms with van der Waals surface area (Å²) in [6, 6.07) is 3.24. The van der Waals surface area contributed by atoms with Crippen LogP contribution < -0.4 is 10.5 Å². The summed E-state index contributed by atoms with van der Waals surface area (Å²) in [7, 11) is 1.59. The number of hydrogen-bond donors (Lipinski definition) is 2. The molecule has 0 bridgehead atoms. The zero-order valence-corrected chi connectivity index (χ0v) is 11.6. The number of rotatable bonds is 2. The van der Waals surface area contributed by atoms with Gasteiger partial charge in [-0.1, -0.05) is 20.8 Å². The first-order valence-electron chi connectivity index (χ1n) is 5.09. The number of ether oxygens (including phenoxy) is 1. The number of phenolic OH excluding ortho intramolecular Hbond substituents is 1. The average molecular weight is 288 g/mol. The van der Waals surface area contributed by atoms with Crippen molar-refractivity contribution in [2.45, 2.75) is 26.8 Å². The first kappa shape index (κ1) is 13.3. The standard InChI is InChI=1S/C12H18BrNO2/c1-12(2,3)11(14)8-5-7(16-4)6-9(13)10(8)15/h5-6,11,15H,14H2,1-4H3/t11-/m1/s1. The van der Waals surface area contributed by atoms with Crippen LogP contribution in [0.4, 0.5) is 0 Å².